The molecular formula is C23H23ClN4O3S2. The average Bonchev–Trinajstić information content (AvgIpc) is 3.42. The molecule has 2 aromatic carbocycles. The molecule has 1 fully saturated rings. The molecule has 2 aliphatic heterocycles. The number of aromatic nitrogens is 1. The van der Waals surface area contributed by atoms with Crippen molar-refractivity contribution in [3.63, 3.8) is 0 Å². The number of carbonyl (C=O) groups excluding carboxylic acids is 1. The van der Waals surface area contributed by atoms with Crippen molar-refractivity contribution < 1.29 is 13.2 Å². The van der Waals surface area contributed by atoms with Gasteiger partial charge in [0.05, 0.1) is 4.90 Å². The van der Waals surface area contributed by atoms with Gasteiger partial charge in [-0.1, -0.05) is 11.6 Å². The van der Waals surface area contributed by atoms with Gasteiger partial charge in [-0.25, -0.2) is 13.4 Å². The predicted molar refractivity (Wildman–Crippen MR) is 132 cm³/mol. The van der Waals surface area contributed by atoms with Gasteiger partial charge < -0.3 is 9.80 Å². The van der Waals surface area contributed by atoms with Gasteiger partial charge in [-0.2, -0.15) is 0 Å². The number of anilines is 3. The minimum Gasteiger partial charge on any atom is -0.359 e. The van der Waals surface area contributed by atoms with E-state index in [1.807, 2.05) is 25.1 Å². The number of amides is 1. The third kappa shape index (κ3) is 4.20. The molecule has 0 unspecified atom stereocenters. The van der Waals surface area contributed by atoms with Gasteiger partial charge in [-0.05, 0) is 73.7 Å². The summed E-state index contributed by atoms with van der Waals surface area (Å²) in [4.78, 5) is 21.5. The van der Waals surface area contributed by atoms with Crippen LogP contribution in [0, 0.1) is 6.92 Å². The molecule has 3 aromatic rings. The number of nitrogens with zero attached hydrogens (tertiary/aromatic N) is 3. The maximum atomic E-state index is 13.4. The van der Waals surface area contributed by atoms with Crippen molar-refractivity contribution in [2.75, 3.05) is 27.6 Å². The second kappa shape index (κ2) is 8.62. The fourth-order valence-corrected chi connectivity index (χ4v) is 6.73. The average molecular weight is 503 g/mol. The van der Waals surface area contributed by atoms with Crippen LogP contribution in [0.5, 0.6) is 0 Å². The van der Waals surface area contributed by atoms with E-state index in [9.17, 15) is 13.2 Å². The lowest BCUT2D eigenvalue weighted by Crippen LogP contribution is -2.44. The summed E-state index contributed by atoms with van der Waals surface area (Å²) in [5.41, 5.74) is 3.73. The van der Waals surface area contributed by atoms with E-state index in [0.717, 1.165) is 36.3 Å². The number of carbonyl (C=O) groups is 1. The van der Waals surface area contributed by atoms with Gasteiger partial charge in [0.15, 0.2) is 5.13 Å². The fraction of sp³-hybridized carbons (Fsp3) is 0.304. The number of thiazole rings is 1. The highest BCUT2D eigenvalue weighted by molar-refractivity contribution is 7.93. The van der Waals surface area contributed by atoms with Crippen molar-refractivity contribution in [3.05, 3.63) is 64.1 Å². The molecule has 7 nitrogen and oxygen atoms in total. The Balaban J connectivity index is 1.38. The van der Waals surface area contributed by atoms with Gasteiger partial charge >= 0.3 is 0 Å². The summed E-state index contributed by atoms with van der Waals surface area (Å²) >= 11 is 7.39. The molecule has 1 N–H and O–H groups in total. The summed E-state index contributed by atoms with van der Waals surface area (Å²) in [6.45, 7) is 3.25. The molecule has 172 valence electrons. The Morgan fingerprint density at radius 2 is 1.97 bits per heavy atom. The molecule has 1 amide bonds. The highest BCUT2D eigenvalue weighted by Gasteiger charge is 2.38. The number of halogens is 1. The monoisotopic (exact) mass is 502 g/mol. The van der Waals surface area contributed by atoms with E-state index >= 15 is 0 Å². The molecule has 1 aromatic heterocycles. The van der Waals surface area contributed by atoms with Crippen LogP contribution in [-0.4, -0.2) is 38.4 Å². The number of benzene rings is 2. The first-order valence-electron chi connectivity index (χ1n) is 10.7. The largest absolute Gasteiger partial charge is 0.359 e. The van der Waals surface area contributed by atoms with Crippen molar-refractivity contribution in [2.24, 2.45) is 0 Å². The van der Waals surface area contributed by atoms with Gasteiger partial charge in [0.1, 0.15) is 6.04 Å². The third-order valence-corrected chi connectivity index (χ3v) is 8.56. The van der Waals surface area contributed by atoms with Crippen molar-refractivity contribution in [2.45, 2.75) is 37.1 Å². The number of aryl methyl sites for hydroxylation is 2. The molecule has 1 atom stereocenters. The van der Waals surface area contributed by atoms with Gasteiger partial charge in [0.2, 0.25) is 5.91 Å². The second-order valence-electron chi connectivity index (χ2n) is 8.26. The van der Waals surface area contributed by atoms with E-state index in [1.54, 1.807) is 28.6 Å². The maximum absolute atomic E-state index is 13.4. The molecule has 5 rings (SSSR count). The highest BCUT2D eigenvalue weighted by Crippen LogP contribution is 2.35. The van der Waals surface area contributed by atoms with E-state index in [0.29, 0.717) is 23.1 Å². The van der Waals surface area contributed by atoms with Crippen LogP contribution in [0.25, 0.3) is 0 Å². The number of hydrogen-bond donors (Lipinski definition) is 1. The van der Waals surface area contributed by atoms with Crippen LogP contribution in [0.4, 0.5) is 16.5 Å². The number of rotatable bonds is 5. The quantitative estimate of drug-likeness (QED) is 0.556. The molecule has 1 saturated heterocycles. The summed E-state index contributed by atoms with van der Waals surface area (Å²) in [6, 6.07) is 10.5. The number of sulfonamides is 1. The van der Waals surface area contributed by atoms with Crippen molar-refractivity contribution in [3.8, 4) is 0 Å². The first-order valence-corrected chi connectivity index (χ1v) is 13.5. The molecule has 0 spiro atoms. The Morgan fingerprint density at radius 1 is 1.15 bits per heavy atom. The lowest BCUT2D eigenvalue weighted by molar-refractivity contribution is -0.118. The summed E-state index contributed by atoms with van der Waals surface area (Å²) in [5, 5.41) is 2.74. The molecule has 0 saturated carbocycles. The van der Waals surface area contributed by atoms with E-state index in [-0.39, 0.29) is 16.8 Å². The van der Waals surface area contributed by atoms with Gasteiger partial charge in [-0.15, -0.1) is 11.3 Å². The highest BCUT2D eigenvalue weighted by atomic mass is 35.5. The standard InChI is InChI=1S/C23H23ClN4O3S2/c1-15-13-18(33(30,31)26-23-25-9-12-32-23)5-7-19(15)28-11-8-21(22(28)29)27-10-2-3-16-14-17(24)4-6-20(16)27/h4-7,9,12-14,21H,2-3,8,10-11H2,1H3,(H,25,26)/t21-/m1/s1. The summed E-state index contributed by atoms with van der Waals surface area (Å²) in [7, 11) is -3.75. The van der Waals surface area contributed by atoms with Crippen LogP contribution in [-0.2, 0) is 21.2 Å². The molecule has 33 heavy (non-hydrogen) atoms. The van der Waals surface area contributed by atoms with Gasteiger partial charge in [-0.3, -0.25) is 9.52 Å². The number of fused-ring (bicyclic) bond motifs is 1. The SMILES string of the molecule is Cc1cc(S(=O)(=O)Nc2nccs2)ccc1N1CC[C@@H](N2CCCc3cc(Cl)ccc32)C1=O. The van der Waals surface area contributed by atoms with Crippen LogP contribution < -0.4 is 14.5 Å². The molecule has 2 aliphatic rings. The summed E-state index contributed by atoms with van der Waals surface area (Å²) < 4.78 is 27.9. The van der Waals surface area contributed by atoms with Crippen LogP contribution >= 0.6 is 22.9 Å². The molecule has 10 heteroatoms. The van der Waals surface area contributed by atoms with Crippen molar-refractivity contribution >= 4 is 55.4 Å². The first-order chi connectivity index (χ1) is 15.8. The smallest absolute Gasteiger partial charge is 0.263 e. The van der Waals surface area contributed by atoms with Crippen molar-refractivity contribution in [1.82, 2.24) is 4.98 Å². The predicted octanol–water partition coefficient (Wildman–Crippen LogP) is 4.46. The topological polar surface area (TPSA) is 82.6 Å². The van der Waals surface area contributed by atoms with E-state index in [1.165, 1.54) is 23.0 Å². The van der Waals surface area contributed by atoms with Crippen LogP contribution in [0.3, 0.4) is 0 Å². The Bertz CT molecular complexity index is 1310. The maximum Gasteiger partial charge on any atom is 0.263 e. The molecule has 0 aliphatic carbocycles. The summed E-state index contributed by atoms with van der Waals surface area (Å²) in [5.74, 6) is 0.0393. The van der Waals surface area contributed by atoms with Gasteiger partial charge in [0, 0.05) is 41.1 Å². The molecule has 3 heterocycles. The Morgan fingerprint density at radius 3 is 2.73 bits per heavy atom. The summed E-state index contributed by atoms with van der Waals surface area (Å²) in [6.07, 6.45) is 4.20. The van der Waals surface area contributed by atoms with Crippen LogP contribution in [0.2, 0.25) is 5.02 Å². The van der Waals surface area contributed by atoms with Crippen LogP contribution in [0.1, 0.15) is 24.0 Å². The number of nitrogens with one attached hydrogen (secondary N) is 1. The first kappa shape index (κ1) is 22.2. The van der Waals surface area contributed by atoms with Crippen LogP contribution in [0.15, 0.2) is 52.9 Å². The Labute approximate surface area is 202 Å². The minimum atomic E-state index is -3.75. The zero-order valence-corrected chi connectivity index (χ0v) is 20.4. The zero-order chi connectivity index (χ0) is 23.2. The Hall–Kier alpha value is -2.62. The third-order valence-electron chi connectivity index (χ3n) is 6.17. The van der Waals surface area contributed by atoms with E-state index in [2.05, 4.69) is 14.6 Å². The second-order valence-corrected chi connectivity index (χ2v) is 11.3. The molecule has 0 radical (unpaired) electrons. The fourth-order valence-electron chi connectivity index (χ4n) is 4.66. The minimum absolute atomic E-state index is 0.0393. The zero-order valence-electron chi connectivity index (χ0n) is 18.0. The number of hydrogen-bond acceptors (Lipinski definition) is 6. The molecule has 0 bridgehead atoms. The molecular weight excluding hydrogens is 480 g/mol. The lowest BCUT2D eigenvalue weighted by Gasteiger charge is -2.35. The van der Waals surface area contributed by atoms with Crippen molar-refractivity contribution in [1.29, 1.82) is 0 Å². The Kier molecular flexibility index (Phi) is 5.80. The van der Waals surface area contributed by atoms with E-state index in [4.69, 9.17) is 11.6 Å². The lowest BCUT2D eigenvalue weighted by atomic mass is 9.99. The van der Waals surface area contributed by atoms with E-state index < -0.39 is 10.0 Å². The normalized spacial score (nSPS) is 18.5. The van der Waals surface area contributed by atoms with Gasteiger partial charge in [0.25, 0.3) is 10.0 Å².